The minimum absolute atomic E-state index is 0.140. The maximum atomic E-state index is 12.3. The van der Waals surface area contributed by atoms with Gasteiger partial charge in [-0.05, 0) is 48.6 Å². The zero-order valence-corrected chi connectivity index (χ0v) is 18.4. The Kier molecular flexibility index (Phi) is 9.61. The number of amides is 1. The van der Waals surface area contributed by atoms with Crippen LogP contribution in [0.15, 0.2) is 42.6 Å². The number of ether oxygens (including phenoxy) is 2. The first-order valence-corrected chi connectivity index (χ1v) is 10.5. The molecule has 1 N–H and O–H groups in total. The molecule has 0 aliphatic rings. The van der Waals surface area contributed by atoms with Crippen molar-refractivity contribution in [1.82, 2.24) is 10.3 Å². The molecular formula is C23H29ClN2O4. The van der Waals surface area contributed by atoms with Crippen LogP contribution >= 0.6 is 11.6 Å². The molecule has 0 spiro atoms. The van der Waals surface area contributed by atoms with Gasteiger partial charge in [0, 0.05) is 12.1 Å². The topological polar surface area (TPSA) is 77.5 Å². The van der Waals surface area contributed by atoms with Crippen molar-refractivity contribution in [2.75, 3.05) is 13.7 Å². The molecular weight excluding hydrogens is 404 g/mol. The molecule has 0 aliphatic heterocycles. The SMILES string of the molecule is COC(=O)CCNC(=O)c1ccc(C(CCCC(C)C)Oc2ccc(Cl)nc2)cc1. The van der Waals surface area contributed by atoms with Gasteiger partial charge >= 0.3 is 5.97 Å². The van der Waals surface area contributed by atoms with E-state index in [4.69, 9.17) is 16.3 Å². The van der Waals surface area contributed by atoms with E-state index in [0.29, 0.717) is 22.4 Å². The molecule has 1 amide bonds. The molecule has 1 aromatic heterocycles. The number of pyridine rings is 1. The Bertz CT molecular complexity index is 807. The van der Waals surface area contributed by atoms with Crippen molar-refractivity contribution in [3.63, 3.8) is 0 Å². The zero-order valence-electron chi connectivity index (χ0n) is 17.7. The molecule has 1 unspecified atom stereocenters. The summed E-state index contributed by atoms with van der Waals surface area (Å²) in [6.07, 6.45) is 4.59. The molecule has 0 fully saturated rings. The molecule has 0 aliphatic carbocycles. The maximum Gasteiger partial charge on any atom is 0.307 e. The number of rotatable bonds is 11. The Morgan fingerprint density at radius 2 is 1.83 bits per heavy atom. The molecule has 2 aromatic rings. The highest BCUT2D eigenvalue weighted by Crippen LogP contribution is 2.28. The minimum atomic E-state index is -0.358. The number of nitrogens with one attached hydrogen (secondary N) is 1. The predicted molar refractivity (Wildman–Crippen MR) is 117 cm³/mol. The molecule has 0 radical (unpaired) electrons. The van der Waals surface area contributed by atoms with Gasteiger partial charge in [0.25, 0.3) is 5.91 Å². The normalized spacial score (nSPS) is 11.8. The van der Waals surface area contributed by atoms with Gasteiger partial charge in [-0.25, -0.2) is 4.98 Å². The summed E-state index contributed by atoms with van der Waals surface area (Å²) in [6, 6.07) is 10.8. The van der Waals surface area contributed by atoms with Crippen LogP contribution in [0.2, 0.25) is 5.15 Å². The Morgan fingerprint density at radius 1 is 1.10 bits per heavy atom. The highest BCUT2D eigenvalue weighted by atomic mass is 35.5. The Hall–Kier alpha value is -2.60. The van der Waals surface area contributed by atoms with Gasteiger partial charge in [-0.2, -0.15) is 0 Å². The van der Waals surface area contributed by atoms with Crippen LogP contribution in [-0.4, -0.2) is 30.5 Å². The second-order valence-corrected chi connectivity index (χ2v) is 7.84. The molecule has 6 nitrogen and oxygen atoms in total. The third kappa shape index (κ3) is 8.03. The number of carbonyl (C=O) groups excluding carboxylic acids is 2. The van der Waals surface area contributed by atoms with Crippen molar-refractivity contribution in [2.45, 2.75) is 45.6 Å². The van der Waals surface area contributed by atoms with E-state index in [1.807, 2.05) is 12.1 Å². The summed E-state index contributed by atoms with van der Waals surface area (Å²) >= 11 is 5.86. The highest BCUT2D eigenvalue weighted by Gasteiger charge is 2.15. The Labute approximate surface area is 182 Å². The van der Waals surface area contributed by atoms with E-state index in [1.54, 1.807) is 30.5 Å². The van der Waals surface area contributed by atoms with Crippen LogP contribution < -0.4 is 10.1 Å². The molecule has 7 heteroatoms. The molecule has 0 saturated carbocycles. The molecule has 162 valence electrons. The molecule has 0 saturated heterocycles. The number of benzene rings is 1. The number of aromatic nitrogens is 1. The lowest BCUT2D eigenvalue weighted by Gasteiger charge is -2.20. The zero-order chi connectivity index (χ0) is 21.9. The van der Waals surface area contributed by atoms with Gasteiger partial charge in [-0.15, -0.1) is 0 Å². The van der Waals surface area contributed by atoms with E-state index in [-0.39, 0.29) is 30.9 Å². The number of methoxy groups -OCH3 is 1. The summed E-state index contributed by atoms with van der Waals surface area (Å²) < 4.78 is 10.7. The first-order valence-electron chi connectivity index (χ1n) is 10.1. The van der Waals surface area contributed by atoms with Crippen LogP contribution in [0, 0.1) is 5.92 Å². The summed E-state index contributed by atoms with van der Waals surface area (Å²) in [6.45, 7) is 4.64. The number of hydrogen-bond donors (Lipinski definition) is 1. The van der Waals surface area contributed by atoms with Gasteiger partial charge in [-0.1, -0.05) is 44.0 Å². The van der Waals surface area contributed by atoms with E-state index in [0.717, 1.165) is 24.8 Å². The first-order chi connectivity index (χ1) is 14.4. The maximum absolute atomic E-state index is 12.3. The Balaban J connectivity index is 2.04. The van der Waals surface area contributed by atoms with Crippen LogP contribution in [0.1, 0.15) is 61.6 Å². The monoisotopic (exact) mass is 432 g/mol. The summed E-state index contributed by atoms with van der Waals surface area (Å²) in [7, 11) is 1.32. The van der Waals surface area contributed by atoms with Gasteiger partial charge in [0.2, 0.25) is 0 Å². The van der Waals surface area contributed by atoms with E-state index in [2.05, 4.69) is 28.9 Å². The van der Waals surface area contributed by atoms with Crippen LogP contribution in [0.3, 0.4) is 0 Å². The highest BCUT2D eigenvalue weighted by molar-refractivity contribution is 6.29. The average molecular weight is 433 g/mol. The van der Waals surface area contributed by atoms with E-state index in [9.17, 15) is 9.59 Å². The second kappa shape index (κ2) is 12.2. The number of nitrogens with zero attached hydrogens (tertiary/aromatic N) is 1. The lowest BCUT2D eigenvalue weighted by molar-refractivity contribution is -0.140. The third-order valence-electron chi connectivity index (χ3n) is 4.61. The van der Waals surface area contributed by atoms with Crippen LogP contribution in [0.4, 0.5) is 0 Å². The summed E-state index contributed by atoms with van der Waals surface area (Å²) in [5.74, 6) is 0.686. The van der Waals surface area contributed by atoms with Crippen molar-refractivity contribution in [2.24, 2.45) is 5.92 Å². The number of halogens is 1. The van der Waals surface area contributed by atoms with Gasteiger partial charge in [0.1, 0.15) is 17.0 Å². The smallest absolute Gasteiger partial charge is 0.307 e. The molecule has 1 aromatic carbocycles. The van der Waals surface area contributed by atoms with Gasteiger partial charge in [-0.3, -0.25) is 9.59 Å². The van der Waals surface area contributed by atoms with Crippen molar-refractivity contribution in [3.05, 3.63) is 58.9 Å². The molecule has 2 rings (SSSR count). The number of esters is 1. The predicted octanol–water partition coefficient (Wildman–Crippen LogP) is 4.97. The van der Waals surface area contributed by atoms with E-state index in [1.165, 1.54) is 7.11 Å². The minimum Gasteiger partial charge on any atom is -0.484 e. The second-order valence-electron chi connectivity index (χ2n) is 7.45. The van der Waals surface area contributed by atoms with E-state index >= 15 is 0 Å². The van der Waals surface area contributed by atoms with Gasteiger partial charge in [0.15, 0.2) is 0 Å². The fraction of sp³-hybridized carbons (Fsp3) is 0.435. The van der Waals surface area contributed by atoms with E-state index < -0.39 is 0 Å². The van der Waals surface area contributed by atoms with Crippen LogP contribution in [-0.2, 0) is 9.53 Å². The molecule has 1 heterocycles. The lowest BCUT2D eigenvalue weighted by atomic mass is 9.99. The standard InChI is InChI=1S/C23H29ClN2O4/c1-16(2)5-4-6-20(30-19-11-12-21(24)26-15-19)17-7-9-18(10-8-17)23(28)25-14-13-22(27)29-3/h7-12,15-16,20H,4-6,13-14H2,1-3H3,(H,25,28). The van der Waals surface area contributed by atoms with Gasteiger partial charge in [0.05, 0.1) is 19.7 Å². The lowest BCUT2D eigenvalue weighted by Crippen LogP contribution is -2.26. The van der Waals surface area contributed by atoms with Crippen LogP contribution in [0.25, 0.3) is 0 Å². The third-order valence-corrected chi connectivity index (χ3v) is 4.84. The van der Waals surface area contributed by atoms with Gasteiger partial charge < -0.3 is 14.8 Å². The summed E-state index contributed by atoms with van der Waals surface area (Å²) in [4.78, 5) is 27.5. The average Bonchev–Trinajstić information content (AvgIpc) is 2.74. The number of carbonyl (C=O) groups is 2. The summed E-state index contributed by atoms with van der Waals surface area (Å²) in [5, 5.41) is 3.13. The van der Waals surface area contributed by atoms with Crippen molar-refractivity contribution >= 4 is 23.5 Å². The quantitative estimate of drug-likeness (QED) is 0.400. The van der Waals surface area contributed by atoms with Crippen molar-refractivity contribution in [1.29, 1.82) is 0 Å². The molecule has 30 heavy (non-hydrogen) atoms. The largest absolute Gasteiger partial charge is 0.484 e. The summed E-state index contributed by atoms with van der Waals surface area (Å²) in [5.41, 5.74) is 1.51. The fourth-order valence-electron chi connectivity index (χ4n) is 2.93. The first kappa shape index (κ1) is 23.7. The number of hydrogen-bond acceptors (Lipinski definition) is 5. The molecule has 1 atom stereocenters. The van der Waals surface area contributed by atoms with Crippen LogP contribution in [0.5, 0.6) is 5.75 Å². The van der Waals surface area contributed by atoms with Crippen molar-refractivity contribution < 1.29 is 19.1 Å². The fourth-order valence-corrected chi connectivity index (χ4v) is 3.04. The Morgan fingerprint density at radius 3 is 2.43 bits per heavy atom. The van der Waals surface area contributed by atoms with Crippen molar-refractivity contribution in [3.8, 4) is 5.75 Å². The molecule has 0 bridgehead atoms.